The van der Waals surface area contributed by atoms with Crippen LogP contribution in [0.4, 0.5) is 4.39 Å². The molecule has 1 aromatic heterocycles. The first-order chi connectivity index (χ1) is 7.67. The Morgan fingerprint density at radius 2 is 2.56 bits per heavy atom. The van der Waals surface area contributed by atoms with Gasteiger partial charge < -0.3 is 10.1 Å². The Labute approximate surface area is 98.7 Å². The van der Waals surface area contributed by atoms with Crippen LogP contribution >= 0.6 is 11.6 Å². The van der Waals surface area contributed by atoms with Crippen molar-refractivity contribution in [3.63, 3.8) is 0 Å². The average Bonchev–Trinajstić information content (AvgIpc) is 2.83. The van der Waals surface area contributed by atoms with Gasteiger partial charge in [-0.05, 0) is 6.54 Å². The maximum atomic E-state index is 14.6. The van der Waals surface area contributed by atoms with Gasteiger partial charge in [0.1, 0.15) is 0 Å². The summed E-state index contributed by atoms with van der Waals surface area (Å²) in [5, 5.41) is 7.48. The third kappa shape index (κ3) is 2.07. The van der Waals surface area contributed by atoms with Gasteiger partial charge in [0, 0.05) is 20.1 Å². The molecule has 0 aliphatic carbocycles. The number of methoxy groups -OCH3 is 1. The number of ether oxygens (including phenoxy) is 1. The summed E-state index contributed by atoms with van der Waals surface area (Å²) < 4.78 is 21.1. The second-order valence-corrected chi connectivity index (χ2v) is 4.36. The van der Waals surface area contributed by atoms with Gasteiger partial charge in [-0.1, -0.05) is 11.6 Å². The van der Waals surface area contributed by atoms with Crippen molar-refractivity contribution in [3.05, 3.63) is 16.9 Å². The lowest BCUT2D eigenvalue weighted by molar-refractivity contribution is 0.156. The molecule has 1 fully saturated rings. The van der Waals surface area contributed by atoms with Crippen LogP contribution in [0.15, 0.2) is 6.20 Å². The lowest BCUT2D eigenvalue weighted by Gasteiger charge is -2.20. The normalized spacial score (nSPS) is 25.2. The molecule has 1 aromatic rings. The first kappa shape index (κ1) is 11.8. The summed E-state index contributed by atoms with van der Waals surface area (Å²) in [6.07, 6.45) is 1.93. The Morgan fingerprint density at radius 1 is 1.75 bits per heavy atom. The second kappa shape index (κ2) is 4.69. The quantitative estimate of drug-likeness (QED) is 0.873. The molecular weight excluding hydrogens is 233 g/mol. The minimum Gasteiger partial charge on any atom is -0.383 e. The molecule has 2 rings (SSSR count). The highest BCUT2D eigenvalue weighted by molar-refractivity contribution is 6.31. The van der Waals surface area contributed by atoms with E-state index in [2.05, 4.69) is 10.4 Å². The molecule has 4 nitrogen and oxygen atoms in total. The average molecular weight is 248 g/mol. The molecule has 90 valence electrons. The van der Waals surface area contributed by atoms with Crippen LogP contribution in [-0.2, 0) is 17.0 Å². The number of aromatic nitrogens is 2. The predicted octanol–water partition coefficient (Wildman–Crippen LogP) is 1.34. The maximum Gasteiger partial charge on any atom is 0.167 e. The van der Waals surface area contributed by atoms with E-state index in [4.69, 9.17) is 16.3 Å². The summed E-state index contributed by atoms with van der Waals surface area (Å²) in [5.74, 6) is 0. The maximum absolute atomic E-state index is 14.6. The highest BCUT2D eigenvalue weighted by Crippen LogP contribution is 2.36. The van der Waals surface area contributed by atoms with Gasteiger partial charge in [0.05, 0.1) is 30.1 Å². The number of rotatable bonds is 4. The monoisotopic (exact) mass is 247 g/mol. The van der Waals surface area contributed by atoms with Gasteiger partial charge in [-0.2, -0.15) is 5.10 Å². The third-order valence-corrected chi connectivity index (χ3v) is 3.11. The van der Waals surface area contributed by atoms with Crippen molar-refractivity contribution in [2.75, 3.05) is 26.8 Å². The van der Waals surface area contributed by atoms with E-state index in [0.29, 0.717) is 43.4 Å². The van der Waals surface area contributed by atoms with E-state index < -0.39 is 5.67 Å². The zero-order chi connectivity index (χ0) is 11.6. The summed E-state index contributed by atoms with van der Waals surface area (Å²) in [6.45, 7) is 1.98. The Balaban J connectivity index is 2.27. The van der Waals surface area contributed by atoms with Crippen molar-refractivity contribution in [2.24, 2.45) is 0 Å². The molecule has 0 saturated carbocycles. The predicted molar refractivity (Wildman–Crippen MR) is 59.4 cm³/mol. The van der Waals surface area contributed by atoms with E-state index in [1.807, 2.05) is 0 Å². The first-order valence-electron chi connectivity index (χ1n) is 5.28. The van der Waals surface area contributed by atoms with Gasteiger partial charge in [-0.25, -0.2) is 4.39 Å². The number of halogens is 2. The molecule has 1 aliphatic heterocycles. The fourth-order valence-electron chi connectivity index (χ4n) is 2.02. The summed E-state index contributed by atoms with van der Waals surface area (Å²) in [6, 6.07) is 0. The van der Waals surface area contributed by atoms with E-state index in [0.717, 1.165) is 0 Å². The zero-order valence-electron chi connectivity index (χ0n) is 9.17. The molecule has 1 atom stereocenters. The van der Waals surface area contributed by atoms with Crippen molar-refractivity contribution in [1.29, 1.82) is 0 Å². The highest BCUT2D eigenvalue weighted by Gasteiger charge is 2.40. The molecule has 0 aromatic carbocycles. The summed E-state index contributed by atoms with van der Waals surface area (Å²) >= 11 is 6.00. The van der Waals surface area contributed by atoms with E-state index in [1.54, 1.807) is 11.8 Å². The summed E-state index contributed by atoms with van der Waals surface area (Å²) in [5.41, 5.74) is -0.933. The summed E-state index contributed by atoms with van der Waals surface area (Å²) in [7, 11) is 1.60. The van der Waals surface area contributed by atoms with Crippen molar-refractivity contribution in [3.8, 4) is 0 Å². The molecule has 16 heavy (non-hydrogen) atoms. The molecule has 1 aliphatic rings. The van der Waals surface area contributed by atoms with Crippen LogP contribution in [-0.4, -0.2) is 36.6 Å². The lowest BCUT2D eigenvalue weighted by atomic mass is 10.0. The minimum atomic E-state index is -1.40. The SMILES string of the molecule is COCCn1ncc(Cl)c1C1(F)CCNC1. The molecule has 0 radical (unpaired) electrons. The molecule has 1 unspecified atom stereocenters. The molecule has 2 heterocycles. The van der Waals surface area contributed by atoms with Crippen molar-refractivity contribution in [1.82, 2.24) is 15.1 Å². The van der Waals surface area contributed by atoms with Crippen molar-refractivity contribution >= 4 is 11.6 Å². The minimum absolute atomic E-state index is 0.297. The van der Waals surface area contributed by atoms with Gasteiger partial charge in [0.15, 0.2) is 5.67 Å². The first-order valence-corrected chi connectivity index (χ1v) is 5.65. The third-order valence-electron chi connectivity index (χ3n) is 2.83. The topological polar surface area (TPSA) is 39.1 Å². The Morgan fingerprint density at radius 3 is 3.19 bits per heavy atom. The number of alkyl halides is 1. The van der Waals surface area contributed by atoms with Gasteiger partial charge >= 0.3 is 0 Å². The molecule has 1 saturated heterocycles. The Bertz CT molecular complexity index is 363. The van der Waals surface area contributed by atoms with E-state index in [1.165, 1.54) is 6.20 Å². The van der Waals surface area contributed by atoms with Crippen molar-refractivity contribution < 1.29 is 9.13 Å². The molecule has 6 heteroatoms. The molecule has 0 amide bonds. The zero-order valence-corrected chi connectivity index (χ0v) is 9.93. The van der Waals surface area contributed by atoms with E-state index in [9.17, 15) is 4.39 Å². The Hall–Kier alpha value is -0.650. The standard InChI is InChI=1S/C10H15ClFN3O/c1-16-5-4-15-9(8(11)6-14-15)10(12)2-3-13-7-10/h6,13H,2-5,7H2,1H3. The lowest BCUT2D eigenvalue weighted by Crippen LogP contribution is -2.28. The van der Waals surface area contributed by atoms with Crippen LogP contribution in [0, 0.1) is 0 Å². The van der Waals surface area contributed by atoms with Crippen LogP contribution in [0.2, 0.25) is 5.02 Å². The van der Waals surface area contributed by atoms with Gasteiger partial charge in [-0.3, -0.25) is 4.68 Å². The molecule has 0 bridgehead atoms. The smallest absolute Gasteiger partial charge is 0.167 e. The van der Waals surface area contributed by atoms with Gasteiger partial charge in [0.25, 0.3) is 0 Å². The number of nitrogens with one attached hydrogen (secondary N) is 1. The van der Waals surface area contributed by atoms with Gasteiger partial charge in [-0.15, -0.1) is 0 Å². The van der Waals surface area contributed by atoms with Crippen LogP contribution in [0.3, 0.4) is 0 Å². The van der Waals surface area contributed by atoms with Crippen molar-refractivity contribution in [2.45, 2.75) is 18.6 Å². The number of nitrogens with zero attached hydrogens (tertiary/aromatic N) is 2. The second-order valence-electron chi connectivity index (χ2n) is 3.95. The van der Waals surface area contributed by atoms with Crippen LogP contribution in [0.1, 0.15) is 12.1 Å². The number of hydrogen-bond donors (Lipinski definition) is 1. The van der Waals surface area contributed by atoms with Gasteiger partial charge in [0.2, 0.25) is 0 Å². The number of hydrogen-bond acceptors (Lipinski definition) is 3. The van der Waals surface area contributed by atoms with Crippen LogP contribution in [0.25, 0.3) is 0 Å². The van der Waals surface area contributed by atoms with Crippen LogP contribution < -0.4 is 5.32 Å². The molecular formula is C10H15ClFN3O. The molecule has 0 spiro atoms. The highest BCUT2D eigenvalue weighted by atomic mass is 35.5. The fraction of sp³-hybridized carbons (Fsp3) is 0.700. The summed E-state index contributed by atoms with van der Waals surface area (Å²) in [4.78, 5) is 0. The van der Waals surface area contributed by atoms with E-state index in [-0.39, 0.29) is 0 Å². The Kier molecular flexibility index (Phi) is 3.47. The largest absolute Gasteiger partial charge is 0.383 e. The fourth-order valence-corrected chi connectivity index (χ4v) is 2.33. The molecule has 1 N–H and O–H groups in total. The van der Waals surface area contributed by atoms with Crippen LogP contribution in [0.5, 0.6) is 0 Å². The van der Waals surface area contributed by atoms with E-state index >= 15 is 0 Å².